The Morgan fingerprint density at radius 3 is 2.37 bits per heavy atom. The largest absolute Gasteiger partial charge is 0.495 e. The van der Waals surface area contributed by atoms with Crippen LogP contribution < -0.4 is 14.8 Å². The zero-order valence-electron chi connectivity index (χ0n) is 17.3. The first-order valence-electron chi connectivity index (χ1n) is 10.1. The van der Waals surface area contributed by atoms with Gasteiger partial charge < -0.3 is 9.64 Å². The predicted molar refractivity (Wildman–Crippen MR) is 118 cm³/mol. The second-order valence-corrected chi connectivity index (χ2v) is 8.99. The van der Waals surface area contributed by atoms with Crippen molar-refractivity contribution in [2.45, 2.75) is 24.2 Å². The van der Waals surface area contributed by atoms with Gasteiger partial charge in [0.1, 0.15) is 10.6 Å². The summed E-state index contributed by atoms with van der Waals surface area (Å²) in [6.07, 6.45) is 2.06. The molecule has 2 N–H and O–H groups in total. The summed E-state index contributed by atoms with van der Waals surface area (Å²) in [5, 5.41) is 5.23. The summed E-state index contributed by atoms with van der Waals surface area (Å²) in [6, 6.07) is 14.8. The van der Waals surface area contributed by atoms with Crippen molar-refractivity contribution in [2.24, 2.45) is 5.14 Å². The van der Waals surface area contributed by atoms with Gasteiger partial charge in [0, 0.05) is 43.9 Å². The molecule has 1 aliphatic heterocycles. The first-order valence-corrected chi connectivity index (χ1v) is 11.7. The number of Topliss-reactive ketones (excluding diaryl/α,β-unsaturated/α-hetero) is 1. The Morgan fingerprint density at radius 1 is 1.03 bits per heavy atom. The quantitative estimate of drug-likeness (QED) is 0.484. The standard InChI is InChI=1S/C22H29N3O4S/c1-29-21-11-10-18(17-22(21)30(23,27)28)20(26)9-5-6-12-24-13-15-25(16-14-24)19-7-3-2-4-8-19/h2-4,7-8,10-11,17H,5-6,9,12-16H2,1H3,(H2,23,27,28). The molecule has 2 aromatic rings. The van der Waals surface area contributed by atoms with Crippen molar-refractivity contribution in [3.05, 3.63) is 54.1 Å². The van der Waals surface area contributed by atoms with Gasteiger partial charge in [-0.05, 0) is 49.7 Å². The maximum absolute atomic E-state index is 12.5. The van der Waals surface area contributed by atoms with Gasteiger partial charge in [0.15, 0.2) is 5.78 Å². The van der Waals surface area contributed by atoms with E-state index in [-0.39, 0.29) is 16.4 Å². The van der Waals surface area contributed by atoms with Crippen LogP contribution in [0.25, 0.3) is 0 Å². The maximum atomic E-state index is 12.5. The molecule has 3 rings (SSSR count). The lowest BCUT2D eigenvalue weighted by Crippen LogP contribution is -2.46. The molecular weight excluding hydrogens is 402 g/mol. The number of rotatable bonds is 9. The van der Waals surface area contributed by atoms with Crippen LogP contribution >= 0.6 is 0 Å². The minimum atomic E-state index is -3.95. The average Bonchev–Trinajstić information content (AvgIpc) is 2.76. The minimum absolute atomic E-state index is 0.0866. The molecule has 2 aromatic carbocycles. The van der Waals surface area contributed by atoms with Gasteiger partial charge in [-0.2, -0.15) is 0 Å². The van der Waals surface area contributed by atoms with E-state index >= 15 is 0 Å². The summed E-state index contributed by atoms with van der Waals surface area (Å²) in [5.41, 5.74) is 1.61. The maximum Gasteiger partial charge on any atom is 0.241 e. The number of para-hydroxylation sites is 1. The number of carbonyl (C=O) groups is 1. The number of methoxy groups -OCH3 is 1. The van der Waals surface area contributed by atoms with Crippen molar-refractivity contribution in [3.63, 3.8) is 0 Å². The summed E-state index contributed by atoms with van der Waals surface area (Å²) in [6.45, 7) is 5.00. The summed E-state index contributed by atoms with van der Waals surface area (Å²) < 4.78 is 28.5. The van der Waals surface area contributed by atoms with E-state index in [0.29, 0.717) is 12.0 Å². The van der Waals surface area contributed by atoms with E-state index in [1.165, 1.54) is 24.9 Å². The van der Waals surface area contributed by atoms with Gasteiger partial charge in [0.2, 0.25) is 10.0 Å². The van der Waals surface area contributed by atoms with Gasteiger partial charge >= 0.3 is 0 Å². The third-order valence-corrected chi connectivity index (χ3v) is 6.35. The second kappa shape index (κ2) is 10.1. The fraction of sp³-hybridized carbons (Fsp3) is 0.409. The first kappa shape index (κ1) is 22.3. The highest BCUT2D eigenvalue weighted by atomic mass is 32.2. The number of primary sulfonamides is 1. The number of sulfonamides is 1. The normalized spacial score (nSPS) is 15.2. The van der Waals surface area contributed by atoms with Gasteiger partial charge in [-0.3, -0.25) is 9.69 Å². The Morgan fingerprint density at radius 2 is 1.73 bits per heavy atom. The number of unbranched alkanes of at least 4 members (excludes halogenated alkanes) is 1. The predicted octanol–water partition coefficient (Wildman–Crippen LogP) is 2.52. The molecule has 0 aliphatic carbocycles. The monoisotopic (exact) mass is 431 g/mol. The van der Waals surface area contributed by atoms with E-state index < -0.39 is 10.0 Å². The number of nitrogens with zero attached hydrogens (tertiary/aromatic N) is 2. The zero-order chi connectivity index (χ0) is 21.6. The van der Waals surface area contributed by atoms with Crippen LogP contribution in [-0.4, -0.2) is 58.9 Å². The van der Waals surface area contributed by atoms with E-state index in [4.69, 9.17) is 9.88 Å². The second-order valence-electron chi connectivity index (χ2n) is 7.46. The molecule has 30 heavy (non-hydrogen) atoms. The number of ether oxygens (including phenoxy) is 1. The van der Waals surface area contributed by atoms with Crippen LogP contribution in [0, 0.1) is 0 Å². The van der Waals surface area contributed by atoms with Gasteiger partial charge in [-0.1, -0.05) is 18.2 Å². The molecule has 0 spiro atoms. The number of nitrogens with two attached hydrogens (primary N) is 1. The van der Waals surface area contributed by atoms with Crippen molar-refractivity contribution < 1.29 is 17.9 Å². The van der Waals surface area contributed by atoms with E-state index in [9.17, 15) is 13.2 Å². The molecule has 0 bridgehead atoms. The lowest BCUT2D eigenvalue weighted by molar-refractivity contribution is 0.0977. The van der Waals surface area contributed by atoms with Crippen LogP contribution in [0.1, 0.15) is 29.6 Å². The minimum Gasteiger partial charge on any atom is -0.495 e. The Balaban J connectivity index is 1.43. The van der Waals surface area contributed by atoms with E-state index in [2.05, 4.69) is 34.1 Å². The molecule has 0 saturated carbocycles. The number of anilines is 1. The molecule has 1 aliphatic rings. The summed E-state index contributed by atoms with van der Waals surface area (Å²) in [4.78, 5) is 17.1. The van der Waals surface area contributed by atoms with Crippen LogP contribution in [0.2, 0.25) is 0 Å². The van der Waals surface area contributed by atoms with Crippen molar-refractivity contribution in [1.82, 2.24) is 4.90 Å². The highest BCUT2D eigenvalue weighted by Gasteiger charge is 2.19. The van der Waals surface area contributed by atoms with Crippen molar-refractivity contribution >= 4 is 21.5 Å². The topological polar surface area (TPSA) is 92.9 Å². The van der Waals surface area contributed by atoms with Crippen molar-refractivity contribution in [2.75, 3.05) is 44.7 Å². The Hall–Kier alpha value is -2.42. The van der Waals surface area contributed by atoms with Crippen LogP contribution in [-0.2, 0) is 10.0 Å². The van der Waals surface area contributed by atoms with Gasteiger partial charge in [0.05, 0.1) is 7.11 Å². The molecule has 0 amide bonds. The molecule has 1 heterocycles. The highest BCUT2D eigenvalue weighted by molar-refractivity contribution is 7.89. The Labute approximate surface area is 178 Å². The molecule has 0 radical (unpaired) electrons. The third kappa shape index (κ3) is 5.81. The van der Waals surface area contributed by atoms with Crippen molar-refractivity contribution in [3.8, 4) is 5.75 Å². The fourth-order valence-electron chi connectivity index (χ4n) is 3.71. The Bertz CT molecular complexity index is 956. The highest BCUT2D eigenvalue weighted by Crippen LogP contribution is 2.24. The summed E-state index contributed by atoms with van der Waals surface area (Å²) in [5.74, 6) is 0.0557. The SMILES string of the molecule is COc1ccc(C(=O)CCCCN2CCN(c3ccccc3)CC2)cc1S(N)(=O)=O. The zero-order valence-corrected chi connectivity index (χ0v) is 18.1. The average molecular weight is 432 g/mol. The number of carbonyl (C=O) groups excluding carboxylic acids is 1. The first-order chi connectivity index (χ1) is 14.4. The number of piperazine rings is 1. The van der Waals surface area contributed by atoms with E-state index in [1.54, 1.807) is 6.07 Å². The molecule has 1 fully saturated rings. The number of ketones is 1. The summed E-state index contributed by atoms with van der Waals surface area (Å²) in [7, 11) is -2.59. The van der Waals surface area contributed by atoms with Gasteiger partial charge in [0.25, 0.3) is 0 Å². The van der Waals surface area contributed by atoms with Crippen LogP contribution in [0.4, 0.5) is 5.69 Å². The summed E-state index contributed by atoms with van der Waals surface area (Å²) >= 11 is 0. The molecule has 0 aromatic heterocycles. The molecular formula is C22H29N3O4S. The Kier molecular flexibility index (Phi) is 7.47. The lowest BCUT2D eigenvalue weighted by atomic mass is 10.1. The smallest absolute Gasteiger partial charge is 0.241 e. The molecule has 162 valence electrons. The fourth-order valence-corrected chi connectivity index (χ4v) is 4.43. The molecule has 0 unspecified atom stereocenters. The van der Waals surface area contributed by atoms with E-state index in [1.807, 2.05) is 6.07 Å². The molecule has 1 saturated heterocycles. The van der Waals surface area contributed by atoms with Crippen LogP contribution in [0.5, 0.6) is 5.75 Å². The number of benzene rings is 2. The van der Waals surface area contributed by atoms with Gasteiger partial charge in [-0.15, -0.1) is 0 Å². The third-order valence-electron chi connectivity index (χ3n) is 5.41. The van der Waals surface area contributed by atoms with E-state index in [0.717, 1.165) is 45.6 Å². The number of hydrogen-bond acceptors (Lipinski definition) is 6. The van der Waals surface area contributed by atoms with Gasteiger partial charge in [-0.25, -0.2) is 13.6 Å². The van der Waals surface area contributed by atoms with Crippen LogP contribution in [0.3, 0.4) is 0 Å². The number of hydrogen-bond donors (Lipinski definition) is 1. The molecule has 8 heteroatoms. The lowest BCUT2D eigenvalue weighted by Gasteiger charge is -2.36. The molecule has 0 atom stereocenters. The van der Waals surface area contributed by atoms with Crippen LogP contribution in [0.15, 0.2) is 53.4 Å². The molecule has 7 nitrogen and oxygen atoms in total. The van der Waals surface area contributed by atoms with Crippen molar-refractivity contribution in [1.29, 1.82) is 0 Å².